The van der Waals surface area contributed by atoms with Gasteiger partial charge in [-0.25, -0.2) is 26.6 Å². The number of ether oxygens (including phenoxy) is 1. The van der Waals surface area contributed by atoms with Crippen LogP contribution in [0.2, 0.25) is 5.02 Å². The SMILES string of the molecule is CC(=O)c1cc(O)c(O)c(OC(=O)c2cc(O)c(O)c(O)c2)c1.Cc1ccc(Cl)c(N=Nc2c(N)c(C)cc(N=Nc3ccc(-c4ccc(N=Nc5ccc(O)cc5)cc4)cc3)c2N)c1.O=C1C=C(Nc2ccc(S(=O)(=O)Nc3ccccn3)cc2)C(=O)C=C1Nc1ccc(S(=O)(=O)Cc2ccccn2)cc1.O=C=O. The first-order chi connectivity index (χ1) is 52.5. The Bertz CT molecular complexity index is 5550. The lowest BCUT2D eigenvalue weighted by molar-refractivity contribution is -0.191. The van der Waals surface area contributed by atoms with E-state index in [9.17, 15) is 66.7 Å². The van der Waals surface area contributed by atoms with E-state index in [0.717, 1.165) is 64.4 Å². The molecule has 2 heterocycles. The molecule has 12 rings (SSSR count). The van der Waals surface area contributed by atoms with E-state index in [2.05, 4.69) is 56.0 Å². The Morgan fingerprint density at radius 1 is 0.536 bits per heavy atom. The molecule has 0 saturated heterocycles. The topological polar surface area (TPSA) is 489 Å². The summed E-state index contributed by atoms with van der Waals surface area (Å²) in [5, 5.41) is 88.4. The number of sulfone groups is 1. The summed E-state index contributed by atoms with van der Waals surface area (Å²) in [7, 11) is -7.50. The number of hydrogen-bond donors (Lipinski definition) is 11. The quantitative estimate of drug-likeness (QED) is 0.00642. The molecule has 0 radical (unpaired) electrons. The molecule has 30 nitrogen and oxygen atoms in total. The number of Topliss-reactive ketones (excluding diaryl/α,β-unsaturated/α-hetero) is 1. The number of aromatic nitrogens is 2. The highest BCUT2D eigenvalue weighted by atomic mass is 35.5. The third-order valence-electron chi connectivity index (χ3n) is 15.4. The number of ketones is 3. The van der Waals surface area contributed by atoms with E-state index in [1.807, 2.05) is 74.5 Å². The lowest BCUT2D eigenvalue weighted by atomic mass is 10.1. The molecule has 33 heteroatoms. The van der Waals surface area contributed by atoms with Crippen LogP contribution in [-0.2, 0) is 44.8 Å². The van der Waals surface area contributed by atoms with Crippen molar-refractivity contribution in [2.45, 2.75) is 36.3 Å². The Labute approximate surface area is 631 Å². The Hall–Kier alpha value is -14.6. The number of benzene rings is 9. The first-order valence-corrected chi connectivity index (χ1v) is 35.5. The summed E-state index contributed by atoms with van der Waals surface area (Å²) in [5.41, 5.74) is 21.3. The highest BCUT2D eigenvalue weighted by Gasteiger charge is 2.24. The van der Waals surface area contributed by atoms with E-state index in [0.29, 0.717) is 56.2 Å². The third kappa shape index (κ3) is 21.3. The van der Waals surface area contributed by atoms with Gasteiger partial charge in [0, 0.05) is 41.5 Å². The van der Waals surface area contributed by atoms with E-state index < -0.39 is 77.7 Å². The minimum absolute atomic E-state index is 0.000462. The number of rotatable bonds is 20. The summed E-state index contributed by atoms with van der Waals surface area (Å²) in [4.78, 5) is 73.1. The van der Waals surface area contributed by atoms with Gasteiger partial charge < -0.3 is 57.5 Å². The Morgan fingerprint density at radius 2 is 1.03 bits per heavy atom. The molecule has 2 aromatic heterocycles. The van der Waals surface area contributed by atoms with Gasteiger partial charge in [0.05, 0.1) is 71.7 Å². The number of aromatic hydroxyl groups is 6. The number of pyridine rings is 2. The van der Waals surface area contributed by atoms with Crippen molar-refractivity contribution >= 4 is 124 Å². The summed E-state index contributed by atoms with van der Waals surface area (Å²) in [6, 6.07) is 54.3. The van der Waals surface area contributed by atoms with Gasteiger partial charge in [-0.05, 0) is 207 Å². The number of halogens is 1. The van der Waals surface area contributed by atoms with Crippen molar-refractivity contribution in [1.82, 2.24) is 9.97 Å². The average molecular weight is 1540 g/mol. The van der Waals surface area contributed by atoms with Crippen LogP contribution in [-0.4, -0.2) is 86.9 Å². The number of anilines is 5. The number of phenols is 6. The summed E-state index contributed by atoms with van der Waals surface area (Å²) < 4.78 is 57.8. The summed E-state index contributed by atoms with van der Waals surface area (Å²) >= 11 is 6.25. The number of carbonyl (C=O) groups is 4. The smallest absolute Gasteiger partial charge is 0.373 e. The molecule has 0 bridgehead atoms. The number of nitrogens with zero attached hydrogens (tertiary/aromatic N) is 8. The highest BCUT2D eigenvalue weighted by Crippen LogP contribution is 2.43. The molecular formula is C77H62ClN13O17S2. The van der Waals surface area contributed by atoms with Gasteiger partial charge in [0.25, 0.3) is 10.0 Å². The number of allylic oxidation sites excluding steroid dienone is 2. The van der Waals surface area contributed by atoms with Gasteiger partial charge in [0.15, 0.2) is 44.4 Å². The zero-order valence-electron chi connectivity index (χ0n) is 57.7. The van der Waals surface area contributed by atoms with Crippen molar-refractivity contribution in [2.75, 3.05) is 26.8 Å². The minimum atomic E-state index is -3.88. The van der Waals surface area contributed by atoms with E-state index in [4.69, 9.17) is 37.4 Å². The van der Waals surface area contributed by atoms with Crippen LogP contribution in [0.4, 0.5) is 62.7 Å². The minimum Gasteiger partial charge on any atom is -0.508 e. The molecule has 9 aromatic carbocycles. The molecule has 0 unspecified atom stereocenters. The average Bonchev–Trinajstić information content (AvgIpc) is 0.806. The fourth-order valence-electron chi connectivity index (χ4n) is 9.66. The van der Waals surface area contributed by atoms with E-state index in [1.165, 1.54) is 73.9 Å². The number of nitrogen functional groups attached to an aromatic ring is 2. The van der Waals surface area contributed by atoms with Gasteiger partial charge in [-0.2, -0.15) is 24.9 Å². The van der Waals surface area contributed by atoms with Crippen LogP contribution < -0.4 is 31.6 Å². The molecule has 0 spiro atoms. The fourth-order valence-corrected chi connectivity index (χ4v) is 12.1. The van der Waals surface area contributed by atoms with Crippen molar-refractivity contribution in [3.63, 3.8) is 0 Å². The normalized spacial score (nSPS) is 11.9. The van der Waals surface area contributed by atoms with Crippen molar-refractivity contribution in [3.05, 3.63) is 275 Å². The summed E-state index contributed by atoms with van der Waals surface area (Å²) in [6.45, 7) is 5.01. The number of nitrogens with two attached hydrogens (primary N) is 2. The maximum Gasteiger partial charge on any atom is 0.373 e. The number of esters is 1. The molecule has 0 aliphatic heterocycles. The number of hydrogen-bond acceptors (Lipinski definition) is 29. The first kappa shape index (κ1) is 79.5. The molecule has 13 N–H and O–H groups in total. The van der Waals surface area contributed by atoms with Crippen LogP contribution in [0.1, 0.15) is 44.5 Å². The maximum atomic E-state index is 12.7. The number of aryl methyl sites for hydroxylation is 2. The first-order valence-electron chi connectivity index (χ1n) is 32.0. The van der Waals surface area contributed by atoms with Crippen molar-refractivity contribution in [2.24, 2.45) is 30.7 Å². The number of sulfonamides is 1. The monoisotopic (exact) mass is 1540 g/mol. The van der Waals surface area contributed by atoms with Crippen molar-refractivity contribution in [1.29, 1.82) is 0 Å². The van der Waals surface area contributed by atoms with Crippen LogP contribution in [0.25, 0.3) is 11.1 Å². The highest BCUT2D eigenvalue weighted by molar-refractivity contribution is 7.92. The maximum absolute atomic E-state index is 12.7. The van der Waals surface area contributed by atoms with E-state index in [1.54, 1.807) is 66.7 Å². The molecular weight excluding hydrogens is 1480 g/mol. The standard InChI is InChI=1S/C32H27ClN8O.C29H23N5O6S2.C15H12O8.CO2/c1-19-3-16-27(33)28(17-19)39-41-32-30(34)20(2)18-29(31(32)35)40-38-24-10-6-22(7-11-24)21-4-8-23(9-5-21)36-37-25-12-14-26(42)15-13-25;35-27-18-26(33-21-9-13-24(14-10-21)42(39,40)34-29-6-2-4-16-31-29)28(36)17-25(27)32-20-7-11-23(12-8-20)41(37,38)19-22-5-1-3-15-30-22;1-6(16)7-2-11(19)14(21)12(5-7)23-15(22)8-3-9(17)13(20)10(18)4-8;2-1-3/h3-18,42H,34-35H2,1-2H3;1-18,32-33H,19H2,(H,31,34);2-5,17-21H,1H3;. The zero-order valence-corrected chi connectivity index (χ0v) is 60.1. The predicted molar refractivity (Wildman–Crippen MR) is 406 cm³/mol. The summed E-state index contributed by atoms with van der Waals surface area (Å²) in [6.07, 6.45) is 5.50. The van der Waals surface area contributed by atoms with Crippen LogP contribution in [0.3, 0.4) is 0 Å². The summed E-state index contributed by atoms with van der Waals surface area (Å²) in [5.74, 6) is -6.59. The molecule has 0 fully saturated rings. The Morgan fingerprint density at radius 3 is 1.55 bits per heavy atom. The Kier molecular flexibility index (Phi) is 26.0. The van der Waals surface area contributed by atoms with Crippen LogP contribution >= 0.6 is 11.6 Å². The second-order valence-electron chi connectivity index (χ2n) is 23.3. The van der Waals surface area contributed by atoms with Gasteiger partial charge in [0.1, 0.15) is 28.6 Å². The van der Waals surface area contributed by atoms with Gasteiger partial charge in [-0.15, -0.1) is 15.3 Å². The molecule has 556 valence electrons. The molecule has 0 saturated carbocycles. The number of azo groups is 3. The van der Waals surface area contributed by atoms with Crippen LogP contribution in [0.15, 0.2) is 283 Å². The molecule has 0 atom stereocenters. The second kappa shape index (κ2) is 35.9. The number of nitrogens with one attached hydrogen (secondary N) is 3. The van der Waals surface area contributed by atoms with Gasteiger partial charge >= 0.3 is 12.1 Å². The van der Waals surface area contributed by atoms with Crippen molar-refractivity contribution in [3.8, 4) is 51.4 Å². The van der Waals surface area contributed by atoms with Gasteiger partial charge in [-0.1, -0.05) is 54.1 Å². The number of carbonyl (C=O) groups excluding carboxylic acids is 6. The third-order valence-corrected chi connectivity index (χ3v) is 18.7. The van der Waals surface area contributed by atoms with E-state index in [-0.39, 0.29) is 61.5 Å². The largest absolute Gasteiger partial charge is 0.508 e. The van der Waals surface area contributed by atoms with Crippen molar-refractivity contribution < 1.29 is 81.0 Å². The van der Waals surface area contributed by atoms with E-state index >= 15 is 0 Å². The predicted octanol–water partition coefficient (Wildman–Crippen LogP) is 15.5. The Balaban J connectivity index is 0.000000194. The molecule has 110 heavy (non-hydrogen) atoms. The van der Waals surface area contributed by atoms with Crippen LogP contribution in [0, 0.1) is 13.8 Å². The van der Waals surface area contributed by atoms with Gasteiger partial charge in [-0.3, -0.25) is 24.1 Å². The molecule has 1 aliphatic carbocycles. The molecule has 1 aliphatic rings. The fraction of sp³-hybridized carbons (Fsp3) is 0.0519. The molecule has 0 amide bonds. The lowest BCUT2D eigenvalue weighted by Gasteiger charge is -2.16. The lowest BCUT2D eigenvalue weighted by Crippen LogP contribution is -2.22. The number of phenolic OH excluding ortho intramolecular Hbond substituents is 6. The zero-order chi connectivity index (χ0) is 79.4. The molecule has 11 aromatic rings. The second-order valence-corrected chi connectivity index (χ2v) is 27.4. The van der Waals surface area contributed by atoms with Gasteiger partial charge in [0.2, 0.25) is 17.3 Å². The van der Waals surface area contributed by atoms with Crippen LogP contribution in [0.5, 0.6) is 40.2 Å².